The number of nitrogens with zero attached hydrogens (tertiary/aromatic N) is 2. The Morgan fingerprint density at radius 3 is 2.88 bits per heavy atom. The number of halogens is 1. The lowest BCUT2D eigenvalue weighted by atomic mass is 9.94. The molecule has 0 saturated carbocycles. The van der Waals surface area contributed by atoms with E-state index in [9.17, 15) is 4.79 Å². The molecule has 0 bridgehead atoms. The van der Waals surface area contributed by atoms with Crippen LogP contribution in [0.1, 0.15) is 56.0 Å². The van der Waals surface area contributed by atoms with Crippen LogP contribution in [0.5, 0.6) is 0 Å². The molecule has 26 heavy (non-hydrogen) atoms. The van der Waals surface area contributed by atoms with Crippen molar-refractivity contribution in [3.63, 3.8) is 0 Å². The average molecular weight is 392 g/mol. The molecule has 0 aliphatic carbocycles. The molecule has 0 spiro atoms. The largest absolute Gasteiger partial charge is 0.375 e. The topological polar surface area (TPSA) is 59.4 Å². The summed E-state index contributed by atoms with van der Waals surface area (Å²) >= 11 is 8.01. The van der Waals surface area contributed by atoms with Crippen LogP contribution in [0.3, 0.4) is 0 Å². The number of hydrogen-bond acceptors (Lipinski definition) is 4. The Morgan fingerprint density at radius 2 is 2.15 bits per heavy atom. The van der Waals surface area contributed by atoms with Crippen LogP contribution < -0.4 is 5.56 Å². The van der Waals surface area contributed by atoms with E-state index in [1.54, 1.807) is 11.8 Å². The number of thioether (sulfide) groups is 1. The molecule has 1 aromatic heterocycles. The SMILES string of the molecule is CC1=Nc2c(c(=O)[nH]n2[C@H]2CCOC(C)(C)C2)[C@H](c2ccccc2Cl)S1. The van der Waals surface area contributed by atoms with E-state index < -0.39 is 0 Å². The Hall–Kier alpha value is -1.50. The maximum atomic E-state index is 12.9. The molecule has 4 rings (SSSR count). The molecule has 7 heteroatoms. The van der Waals surface area contributed by atoms with E-state index in [0.717, 1.165) is 29.3 Å². The molecular weight excluding hydrogens is 370 g/mol. The highest BCUT2D eigenvalue weighted by atomic mass is 35.5. The molecular formula is C19H22ClN3O2S. The van der Waals surface area contributed by atoms with Gasteiger partial charge in [-0.1, -0.05) is 41.6 Å². The number of nitrogens with one attached hydrogen (secondary N) is 1. The van der Waals surface area contributed by atoms with Crippen LogP contribution in [0.2, 0.25) is 5.02 Å². The molecule has 2 aliphatic rings. The van der Waals surface area contributed by atoms with Gasteiger partial charge in [-0.2, -0.15) is 0 Å². The second-order valence-electron chi connectivity index (χ2n) is 7.45. The molecule has 138 valence electrons. The summed E-state index contributed by atoms with van der Waals surface area (Å²) in [6.45, 7) is 6.83. The monoisotopic (exact) mass is 391 g/mol. The molecule has 1 aromatic carbocycles. The summed E-state index contributed by atoms with van der Waals surface area (Å²) in [5.74, 6) is 0.735. The molecule has 2 atom stereocenters. The highest BCUT2D eigenvalue weighted by molar-refractivity contribution is 8.14. The third-order valence-electron chi connectivity index (χ3n) is 4.97. The van der Waals surface area contributed by atoms with Crippen molar-refractivity contribution in [2.75, 3.05) is 6.61 Å². The van der Waals surface area contributed by atoms with Gasteiger partial charge in [0, 0.05) is 11.6 Å². The third-order valence-corrected chi connectivity index (χ3v) is 6.48. The second-order valence-corrected chi connectivity index (χ2v) is 9.16. The van der Waals surface area contributed by atoms with E-state index in [-0.39, 0.29) is 22.5 Å². The highest BCUT2D eigenvalue weighted by Gasteiger charge is 2.36. The first kappa shape index (κ1) is 17.9. The summed E-state index contributed by atoms with van der Waals surface area (Å²) in [5.41, 5.74) is 1.35. The zero-order chi connectivity index (χ0) is 18.5. The first-order valence-electron chi connectivity index (χ1n) is 8.80. The molecule has 1 N–H and O–H groups in total. The summed E-state index contributed by atoms with van der Waals surface area (Å²) in [7, 11) is 0. The number of aromatic amines is 1. The Balaban J connectivity index is 1.82. The smallest absolute Gasteiger partial charge is 0.271 e. The fourth-order valence-corrected chi connectivity index (χ4v) is 5.25. The molecule has 5 nitrogen and oxygen atoms in total. The van der Waals surface area contributed by atoms with Crippen molar-refractivity contribution in [2.45, 2.75) is 50.5 Å². The van der Waals surface area contributed by atoms with Gasteiger partial charge < -0.3 is 4.74 Å². The Kier molecular flexibility index (Phi) is 4.53. The molecule has 0 unspecified atom stereocenters. The predicted octanol–water partition coefficient (Wildman–Crippen LogP) is 4.85. The van der Waals surface area contributed by atoms with Crippen molar-refractivity contribution in [1.82, 2.24) is 9.78 Å². The minimum absolute atomic E-state index is 0.0852. The number of hydrogen-bond donors (Lipinski definition) is 1. The van der Waals surface area contributed by atoms with Gasteiger partial charge in [-0.25, -0.2) is 4.99 Å². The number of ether oxygens (including phenoxy) is 1. The maximum Gasteiger partial charge on any atom is 0.271 e. The molecule has 2 aliphatic heterocycles. The summed E-state index contributed by atoms with van der Waals surface area (Å²) in [6, 6.07) is 7.87. The number of H-pyrrole nitrogens is 1. The van der Waals surface area contributed by atoms with Crippen LogP contribution in [0.25, 0.3) is 0 Å². The third kappa shape index (κ3) is 3.15. The van der Waals surface area contributed by atoms with Crippen LogP contribution >= 0.6 is 23.4 Å². The van der Waals surface area contributed by atoms with Crippen LogP contribution in [-0.2, 0) is 4.74 Å². The first-order chi connectivity index (χ1) is 12.4. The summed E-state index contributed by atoms with van der Waals surface area (Å²) in [6.07, 6.45) is 1.70. The van der Waals surface area contributed by atoms with Crippen molar-refractivity contribution in [1.29, 1.82) is 0 Å². The molecule has 3 heterocycles. The van der Waals surface area contributed by atoms with Gasteiger partial charge in [0.1, 0.15) is 0 Å². The van der Waals surface area contributed by atoms with Gasteiger partial charge in [0.2, 0.25) is 0 Å². The standard InChI is InChI=1S/C19H22ClN3O2S/c1-11-21-17-15(16(26-11)13-6-4-5-7-14(13)20)18(24)22-23(17)12-8-9-25-19(2,3)10-12/h4-7,12,16H,8-10H2,1-3H3,(H,22,24)/t12-,16-/m0/s1. The van der Waals surface area contributed by atoms with Crippen molar-refractivity contribution < 1.29 is 4.74 Å². The Bertz CT molecular complexity index is 931. The van der Waals surface area contributed by atoms with Gasteiger partial charge in [-0.3, -0.25) is 14.6 Å². The van der Waals surface area contributed by atoms with Crippen molar-refractivity contribution in [2.24, 2.45) is 4.99 Å². The van der Waals surface area contributed by atoms with Crippen molar-refractivity contribution in [3.05, 3.63) is 50.8 Å². The molecule has 1 fully saturated rings. The van der Waals surface area contributed by atoms with Gasteiger partial charge in [0.15, 0.2) is 5.82 Å². The number of aromatic nitrogens is 2. The Labute approximate surface area is 161 Å². The normalized spacial score (nSPS) is 24.8. The second kappa shape index (κ2) is 6.59. The van der Waals surface area contributed by atoms with Crippen LogP contribution in [0, 0.1) is 0 Å². The van der Waals surface area contributed by atoms with Crippen molar-refractivity contribution >= 4 is 34.2 Å². The zero-order valence-electron chi connectivity index (χ0n) is 15.1. The van der Waals surface area contributed by atoms with Gasteiger partial charge in [0.05, 0.1) is 27.5 Å². The van der Waals surface area contributed by atoms with Crippen LogP contribution in [0.4, 0.5) is 5.82 Å². The number of benzene rings is 1. The highest BCUT2D eigenvalue weighted by Crippen LogP contribution is 2.46. The lowest BCUT2D eigenvalue weighted by molar-refractivity contribution is -0.0705. The minimum Gasteiger partial charge on any atom is -0.375 e. The number of aliphatic imine (C=N–C) groups is 1. The number of fused-ring (bicyclic) bond motifs is 1. The van der Waals surface area contributed by atoms with E-state index in [2.05, 4.69) is 18.9 Å². The zero-order valence-corrected chi connectivity index (χ0v) is 16.7. The quantitative estimate of drug-likeness (QED) is 0.796. The fourth-order valence-electron chi connectivity index (χ4n) is 3.80. The lowest BCUT2D eigenvalue weighted by Crippen LogP contribution is -2.35. The van der Waals surface area contributed by atoms with Crippen LogP contribution in [0.15, 0.2) is 34.1 Å². The minimum atomic E-state index is -0.207. The Morgan fingerprint density at radius 1 is 1.38 bits per heavy atom. The van der Waals surface area contributed by atoms with E-state index in [1.165, 1.54) is 0 Å². The summed E-state index contributed by atoms with van der Waals surface area (Å²) in [5, 5.41) is 4.50. The van der Waals surface area contributed by atoms with Gasteiger partial charge in [0.25, 0.3) is 5.56 Å². The predicted molar refractivity (Wildman–Crippen MR) is 107 cm³/mol. The lowest BCUT2D eigenvalue weighted by Gasteiger charge is -2.36. The van der Waals surface area contributed by atoms with Gasteiger partial charge >= 0.3 is 0 Å². The van der Waals surface area contributed by atoms with Crippen molar-refractivity contribution in [3.8, 4) is 0 Å². The molecule has 0 radical (unpaired) electrons. The summed E-state index contributed by atoms with van der Waals surface area (Å²) in [4.78, 5) is 17.6. The van der Waals surface area contributed by atoms with E-state index >= 15 is 0 Å². The molecule has 1 saturated heterocycles. The fraction of sp³-hybridized carbons (Fsp3) is 0.474. The summed E-state index contributed by atoms with van der Waals surface area (Å²) < 4.78 is 7.79. The molecule has 2 aromatic rings. The van der Waals surface area contributed by atoms with E-state index in [0.29, 0.717) is 17.2 Å². The molecule has 0 amide bonds. The van der Waals surface area contributed by atoms with Crippen LogP contribution in [-0.4, -0.2) is 27.0 Å². The maximum absolute atomic E-state index is 12.9. The van der Waals surface area contributed by atoms with E-state index in [1.807, 2.05) is 35.9 Å². The first-order valence-corrected chi connectivity index (χ1v) is 10.1. The van der Waals surface area contributed by atoms with E-state index in [4.69, 9.17) is 21.3 Å². The van der Waals surface area contributed by atoms with Gasteiger partial charge in [-0.15, -0.1) is 0 Å². The average Bonchev–Trinajstić information content (AvgIpc) is 2.90. The van der Waals surface area contributed by atoms with Gasteiger partial charge in [-0.05, 0) is 45.2 Å². The number of rotatable bonds is 2.